The molecule has 9 heteroatoms. The standard InChI is InChI=1S/C35H42ClN3O4S/c1-6-18-37(25-12-10-9-11-13-25)32(41)29-28-20-23(5)35(44-28)30(29)33(42)39(27(21-40)22(4)8-3)31(35)34(43)38(19-7-2)26-16-14-24(36)15-17-26/h6-7,9-17,22-23,27-31,40H,1-2,8,18-21H2,3-5H3/t22-,23?,27-,28-,29+,30-,31?,35?/m0/s1. The highest BCUT2D eigenvalue weighted by molar-refractivity contribution is 8.02. The number of aliphatic hydroxyl groups excluding tert-OH is 1. The van der Waals surface area contributed by atoms with Gasteiger partial charge in [0.2, 0.25) is 11.8 Å². The van der Waals surface area contributed by atoms with Gasteiger partial charge in [-0.25, -0.2) is 0 Å². The quantitative estimate of drug-likeness (QED) is 0.297. The van der Waals surface area contributed by atoms with Crippen LogP contribution in [0.2, 0.25) is 5.02 Å². The second-order valence-electron chi connectivity index (χ2n) is 12.2. The van der Waals surface area contributed by atoms with Crippen molar-refractivity contribution >= 4 is 52.5 Å². The summed E-state index contributed by atoms with van der Waals surface area (Å²) in [6.45, 7) is 14.2. The van der Waals surface area contributed by atoms with Crippen LogP contribution in [-0.4, -0.2) is 69.5 Å². The smallest absolute Gasteiger partial charge is 0.251 e. The highest BCUT2D eigenvalue weighted by atomic mass is 35.5. The van der Waals surface area contributed by atoms with Crippen LogP contribution in [0.4, 0.5) is 11.4 Å². The molecule has 234 valence electrons. The second kappa shape index (κ2) is 13.1. The maximum atomic E-state index is 15.0. The molecule has 2 aromatic carbocycles. The maximum absolute atomic E-state index is 15.0. The largest absolute Gasteiger partial charge is 0.394 e. The molecule has 3 heterocycles. The minimum absolute atomic E-state index is 0.00824. The first-order valence-electron chi connectivity index (χ1n) is 15.4. The van der Waals surface area contributed by atoms with Crippen molar-refractivity contribution in [1.29, 1.82) is 0 Å². The van der Waals surface area contributed by atoms with E-state index >= 15 is 0 Å². The van der Waals surface area contributed by atoms with Crippen LogP contribution >= 0.6 is 23.4 Å². The molecule has 5 rings (SSSR count). The molecule has 3 unspecified atom stereocenters. The first-order chi connectivity index (χ1) is 21.2. The fourth-order valence-corrected chi connectivity index (χ4v) is 10.2. The molecule has 0 aromatic heterocycles. The number of anilines is 2. The van der Waals surface area contributed by atoms with Crippen LogP contribution in [0.15, 0.2) is 79.9 Å². The fraction of sp³-hybridized carbons (Fsp3) is 0.457. The minimum atomic E-state index is -0.867. The van der Waals surface area contributed by atoms with Crippen molar-refractivity contribution in [3.63, 3.8) is 0 Å². The number of para-hydroxylation sites is 1. The third-order valence-corrected chi connectivity index (χ3v) is 12.2. The lowest BCUT2D eigenvalue weighted by Gasteiger charge is -2.43. The van der Waals surface area contributed by atoms with Crippen molar-refractivity contribution in [1.82, 2.24) is 4.90 Å². The molecule has 3 saturated heterocycles. The highest BCUT2D eigenvalue weighted by Crippen LogP contribution is 2.69. The molecule has 3 amide bonds. The average Bonchev–Trinajstić information content (AvgIpc) is 3.63. The van der Waals surface area contributed by atoms with Gasteiger partial charge >= 0.3 is 0 Å². The van der Waals surface area contributed by atoms with E-state index in [-0.39, 0.29) is 48.0 Å². The summed E-state index contributed by atoms with van der Waals surface area (Å²) in [6, 6.07) is 15.1. The Labute approximate surface area is 269 Å². The first-order valence-corrected chi connectivity index (χ1v) is 16.7. The first kappa shape index (κ1) is 32.3. The monoisotopic (exact) mass is 635 g/mol. The van der Waals surface area contributed by atoms with E-state index in [1.165, 1.54) is 0 Å². The van der Waals surface area contributed by atoms with E-state index in [9.17, 15) is 19.5 Å². The number of halogens is 1. The Balaban J connectivity index is 1.65. The summed E-state index contributed by atoms with van der Waals surface area (Å²) in [6.07, 6.45) is 4.80. The summed E-state index contributed by atoms with van der Waals surface area (Å²) in [5.41, 5.74) is 1.39. The zero-order valence-corrected chi connectivity index (χ0v) is 27.2. The Morgan fingerprint density at radius 2 is 1.66 bits per heavy atom. The van der Waals surface area contributed by atoms with Crippen LogP contribution in [0.25, 0.3) is 0 Å². The van der Waals surface area contributed by atoms with Crippen LogP contribution in [-0.2, 0) is 14.4 Å². The number of carbonyl (C=O) groups excluding carboxylic acids is 3. The van der Waals surface area contributed by atoms with Crippen LogP contribution < -0.4 is 9.80 Å². The van der Waals surface area contributed by atoms with Gasteiger partial charge in [0.25, 0.3) is 5.91 Å². The minimum Gasteiger partial charge on any atom is -0.394 e. The summed E-state index contributed by atoms with van der Waals surface area (Å²) < 4.78 is -0.831. The van der Waals surface area contributed by atoms with E-state index in [1.54, 1.807) is 62.9 Å². The van der Waals surface area contributed by atoms with Crippen LogP contribution in [0.3, 0.4) is 0 Å². The normalized spacial score (nSPS) is 28.3. The molecule has 0 aliphatic carbocycles. The lowest BCUT2D eigenvalue weighted by atomic mass is 9.65. The van der Waals surface area contributed by atoms with Gasteiger partial charge in [0, 0.05) is 34.7 Å². The summed E-state index contributed by atoms with van der Waals surface area (Å²) in [7, 11) is 0. The second-order valence-corrected chi connectivity index (χ2v) is 14.2. The van der Waals surface area contributed by atoms with E-state index < -0.39 is 28.7 Å². The van der Waals surface area contributed by atoms with E-state index in [2.05, 4.69) is 20.1 Å². The maximum Gasteiger partial charge on any atom is 0.251 e. The molecule has 0 radical (unpaired) electrons. The molecule has 8 atom stereocenters. The van der Waals surface area contributed by atoms with E-state index in [4.69, 9.17) is 11.6 Å². The van der Waals surface area contributed by atoms with Gasteiger partial charge in [-0.05, 0) is 54.7 Å². The molecule has 7 nitrogen and oxygen atoms in total. The zero-order valence-electron chi connectivity index (χ0n) is 25.6. The Morgan fingerprint density at radius 1 is 1.07 bits per heavy atom. The van der Waals surface area contributed by atoms with E-state index in [1.807, 2.05) is 44.2 Å². The summed E-state index contributed by atoms with van der Waals surface area (Å²) >= 11 is 7.82. The Kier molecular flexibility index (Phi) is 9.64. The van der Waals surface area contributed by atoms with Crippen LogP contribution in [0, 0.1) is 23.7 Å². The third kappa shape index (κ3) is 5.19. The average molecular weight is 636 g/mol. The lowest BCUT2D eigenvalue weighted by molar-refractivity contribution is -0.143. The molecule has 3 aliphatic rings. The molecule has 44 heavy (non-hydrogen) atoms. The van der Waals surface area contributed by atoms with E-state index in [0.29, 0.717) is 23.7 Å². The van der Waals surface area contributed by atoms with Gasteiger partial charge in [-0.15, -0.1) is 24.9 Å². The summed E-state index contributed by atoms with van der Waals surface area (Å²) in [4.78, 5) is 49.4. The van der Waals surface area contributed by atoms with Gasteiger partial charge < -0.3 is 19.8 Å². The number of rotatable bonds is 12. The van der Waals surface area contributed by atoms with Crippen molar-refractivity contribution in [3.05, 3.63) is 84.9 Å². The number of thioether (sulfide) groups is 1. The molecular weight excluding hydrogens is 594 g/mol. The van der Waals surface area contributed by atoms with Crippen molar-refractivity contribution in [2.45, 2.75) is 55.7 Å². The van der Waals surface area contributed by atoms with Gasteiger partial charge in [-0.2, -0.15) is 0 Å². The fourth-order valence-electron chi connectivity index (χ4n) is 7.65. The predicted octanol–water partition coefficient (Wildman–Crippen LogP) is 5.82. The molecule has 0 saturated carbocycles. The molecule has 3 fully saturated rings. The Hall–Kier alpha value is -3.07. The number of amides is 3. The zero-order chi connectivity index (χ0) is 31.8. The van der Waals surface area contributed by atoms with Crippen molar-refractivity contribution in [2.75, 3.05) is 29.5 Å². The molecular formula is C35H42ClN3O4S. The highest BCUT2D eigenvalue weighted by Gasteiger charge is 2.77. The van der Waals surface area contributed by atoms with Crippen LogP contribution in [0.1, 0.15) is 33.6 Å². The predicted molar refractivity (Wildman–Crippen MR) is 179 cm³/mol. The third-order valence-electron chi connectivity index (χ3n) is 9.91. The molecule has 2 bridgehead atoms. The summed E-state index contributed by atoms with van der Waals surface area (Å²) in [5.74, 6) is -1.96. The molecule has 1 spiro atoms. The number of hydrogen-bond acceptors (Lipinski definition) is 5. The van der Waals surface area contributed by atoms with Gasteiger partial charge in [0.15, 0.2) is 0 Å². The number of benzene rings is 2. The molecule has 1 N–H and O–H groups in total. The number of fused-ring (bicyclic) bond motifs is 1. The topological polar surface area (TPSA) is 81.2 Å². The number of aliphatic hydroxyl groups is 1. The number of carbonyl (C=O) groups is 3. The number of hydrogen-bond donors (Lipinski definition) is 1. The van der Waals surface area contributed by atoms with Gasteiger partial charge in [0.1, 0.15) is 6.04 Å². The summed E-state index contributed by atoms with van der Waals surface area (Å²) in [5, 5.41) is 11.2. The van der Waals surface area contributed by atoms with Crippen molar-refractivity contribution < 1.29 is 19.5 Å². The molecule has 3 aliphatic heterocycles. The SMILES string of the molecule is C=CCN(C(=O)C1N([C@@H](CO)[C@@H](C)CC)C(=O)[C@@H]2[C@H](C(=O)N(CC=C)c3ccccc3)[C@@H]3CC(C)C12S3)c1ccc(Cl)cc1. The van der Waals surface area contributed by atoms with E-state index in [0.717, 1.165) is 12.1 Å². The lowest BCUT2D eigenvalue weighted by Crippen LogP contribution is -2.60. The van der Waals surface area contributed by atoms with Crippen LogP contribution in [0.5, 0.6) is 0 Å². The molecule has 2 aromatic rings. The van der Waals surface area contributed by atoms with Crippen molar-refractivity contribution in [2.24, 2.45) is 23.7 Å². The van der Waals surface area contributed by atoms with Crippen molar-refractivity contribution in [3.8, 4) is 0 Å². The van der Waals surface area contributed by atoms with Gasteiger partial charge in [-0.3, -0.25) is 14.4 Å². The Bertz CT molecular complexity index is 1400. The number of likely N-dealkylation sites (tertiary alicyclic amines) is 1. The number of nitrogens with zero attached hydrogens (tertiary/aromatic N) is 3. The van der Waals surface area contributed by atoms with Gasteiger partial charge in [-0.1, -0.05) is 69.1 Å². The van der Waals surface area contributed by atoms with Gasteiger partial charge in [0.05, 0.1) is 29.2 Å². The Morgan fingerprint density at radius 3 is 2.23 bits per heavy atom.